The molecule has 5 rings (SSSR count). The first-order chi connectivity index (χ1) is 15.6. The highest BCUT2D eigenvalue weighted by Gasteiger charge is 2.23. The maximum absolute atomic E-state index is 14.6. The summed E-state index contributed by atoms with van der Waals surface area (Å²) in [6.45, 7) is 0.324. The summed E-state index contributed by atoms with van der Waals surface area (Å²) in [7, 11) is 1.62. The number of aromatic nitrogens is 2. The first-order valence-corrected chi connectivity index (χ1v) is 10.4. The van der Waals surface area contributed by atoms with Crippen LogP contribution in [0.5, 0.6) is 5.75 Å². The molecule has 0 radical (unpaired) electrons. The number of hydrogen-bond acceptors (Lipinski definition) is 5. The van der Waals surface area contributed by atoms with Gasteiger partial charge in [0.05, 0.1) is 25.1 Å². The van der Waals surface area contributed by atoms with E-state index in [-0.39, 0.29) is 5.82 Å². The van der Waals surface area contributed by atoms with E-state index >= 15 is 0 Å². The van der Waals surface area contributed by atoms with Gasteiger partial charge in [-0.25, -0.2) is 14.4 Å². The van der Waals surface area contributed by atoms with Gasteiger partial charge in [0.15, 0.2) is 0 Å². The molecule has 0 bridgehead atoms. The number of anilines is 2. The van der Waals surface area contributed by atoms with Crippen molar-refractivity contribution in [2.24, 2.45) is 4.99 Å². The van der Waals surface area contributed by atoms with Gasteiger partial charge in [-0.15, -0.1) is 0 Å². The van der Waals surface area contributed by atoms with Crippen LogP contribution in [0.1, 0.15) is 16.7 Å². The number of nitrogens with zero attached hydrogens (tertiary/aromatic N) is 3. The summed E-state index contributed by atoms with van der Waals surface area (Å²) in [5, 5.41) is 3.76. The summed E-state index contributed by atoms with van der Waals surface area (Å²) < 4.78 is 19.9. The molecule has 0 spiro atoms. The van der Waals surface area contributed by atoms with Gasteiger partial charge in [-0.3, -0.25) is 4.99 Å². The van der Waals surface area contributed by atoms with Crippen molar-refractivity contribution < 1.29 is 9.13 Å². The molecule has 3 aromatic carbocycles. The Labute approximate surface area is 189 Å². The molecule has 0 unspecified atom stereocenters. The van der Waals surface area contributed by atoms with Gasteiger partial charge in [-0.2, -0.15) is 0 Å². The summed E-state index contributed by atoms with van der Waals surface area (Å²) >= 11 is 6.31. The fraction of sp³-hybridized carbons (Fsp3) is 0.0800. The van der Waals surface area contributed by atoms with Gasteiger partial charge in [-0.05, 0) is 36.4 Å². The van der Waals surface area contributed by atoms with E-state index in [4.69, 9.17) is 26.3 Å². The van der Waals surface area contributed by atoms with E-state index < -0.39 is 0 Å². The minimum atomic E-state index is -0.338. The van der Waals surface area contributed by atoms with Crippen molar-refractivity contribution >= 4 is 28.9 Å². The Hall–Kier alpha value is -3.77. The molecule has 0 saturated heterocycles. The zero-order valence-electron chi connectivity index (χ0n) is 17.1. The minimum absolute atomic E-state index is 0.324. The van der Waals surface area contributed by atoms with E-state index in [1.165, 1.54) is 6.07 Å². The lowest BCUT2D eigenvalue weighted by Crippen LogP contribution is -2.07. The van der Waals surface area contributed by atoms with Crippen molar-refractivity contribution in [3.05, 3.63) is 100 Å². The average molecular weight is 445 g/mol. The molecule has 1 aromatic heterocycles. The fourth-order valence-electron chi connectivity index (χ4n) is 3.70. The van der Waals surface area contributed by atoms with Crippen LogP contribution in [0.25, 0.3) is 11.3 Å². The third-order valence-corrected chi connectivity index (χ3v) is 5.45. The van der Waals surface area contributed by atoms with Gasteiger partial charge < -0.3 is 10.1 Å². The summed E-state index contributed by atoms with van der Waals surface area (Å²) in [6.07, 6.45) is 1.75. The van der Waals surface area contributed by atoms with Crippen LogP contribution in [-0.2, 0) is 6.54 Å². The number of benzene rings is 3. The maximum Gasteiger partial charge on any atom is 0.227 e. The highest BCUT2D eigenvalue weighted by molar-refractivity contribution is 6.31. The molecule has 1 N–H and O–H groups in total. The van der Waals surface area contributed by atoms with Crippen LogP contribution >= 0.6 is 11.6 Å². The number of aliphatic imine (C=N–C) groups is 1. The highest BCUT2D eigenvalue weighted by atomic mass is 35.5. The first-order valence-electron chi connectivity index (χ1n) is 9.99. The molecule has 0 atom stereocenters. The van der Waals surface area contributed by atoms with Crippen molar-refractivity contribution in [1.82, 2.24) is 9.97 Å². The molecule has 1 aliphatic heterocycles. The standard InChI is InChI=1S/C25H18ClFN4O/c1-32-18-6-4-5-17(12-18)30-25-29-14-15-13-28-24(20-7-2-3-8-22(20)27)21-11-16(26)9-10-19(21)23(15)31-25/h2-12,14H,13H2,1H3,(H,29,30,31). The molecule has 7 heteroatoms. The quantitative estimate of drug-likeness (QED) is 0.417. The van der Waals surface area contributed by atoms with Crippen LogP contribution in [0.15, 0.2) is 77.9 Å². The van der Waals surface area contributed by atoms with Crippen molar-refractivity contribution in [1.29, 1.82) is 0 Å². The molecular formula is C25H18ClFN4O. The van der Waals surface area contributed by atoms with E-state index in [0.717, 1.165) is 33.8 Å². The Bertz CT molecular complexity index is 1360. The zero-order chi connectivity index (χ0) is 22.1. The predicted molar refractivity (Wildman–Crippen MR) is 124 cm³/mol. The molecule has 158 valence electrons. The Morgan fingerprint density at radius 2 is 1.84 bits per heavy atom. The van der Waals surface area contributed by atoms with Crippen LogP contribution in [0, 0.1) is 5.82 Å². The van der Waals surface area contributed by atoms with Crippen LogP contribution in [0.4, 0.5) is 16.0 Å². The maximum atomic E-state index is 14.6. The fourth-order valence-corrected chi connectivity index (χ4v) is 3.87. The van der Waals surface area contributed by atoms with Gasteiger partial charge in [-0.1, -0.05) is 35.9 Å². The van der Waals surface area contributed by atoms with E-state index in [2.05, 4.69) is 10.3 Å². The molecule has 5 nitrogen and oxygen atoms in total. The number of rotatable bonds is 4. The van der Waals surface area contributed by atoms with E-state index in [9.17, 15) is 4.39 Å². The van der Waals surface area contributed by atoms with Gasteiger partial charge in [0.2, 0.25) is 5.95 Å². The van der Waals surface area contributed by atoms with Gasteiger partial charge in [0.25, 0.3) is 0 Å². The number of ether oxygens (including phenoxy) is 1. The number of hydrogen-bond donors (Lipinski definition) is 1. The second kappa shape index (κ2) is 8.40. The monoisotopic (exact) mass is 444 g/mol. The molecule has 1 aliphatic rings. The molecule has 0 saturated carbocycles. The molecule has 0 fully saturated rings. The molecule has 0 amide bonds. The Kier molecular flexibility index (Phi) is 5.29. The van der Waals surface area contributed by atoms with Crippen LogP contribution in [0.2, 0.25) is 5.02 Å². The molecule has 4 aromatic rings. The normalized spacial score (nSPS) is 12.3. The van der Waals surface area contributed by atoms with Crippen molar-refractivity contribution in [3.8, 4) is 17.0 Å². The lowest BCUT2D eigenvalue weighted by Gasteiger charge is -2.13. The Balaban J connectivity index is 1.61. The van der Waals surface area contributed by atoms with Gasteiger partial charge in [0, 0.05) is 45.2 Å². The smallest absolute Gasteiger partial charge is 0.227 e. The summed E-state index contributed by atoms with van der Waals surface area (Å²) in [5.74, 6) is 0.828. The van der Waals surface area contributed by atoms with E-state index in [0.29, 0.717) is 28.8 Å². The SMILES string of the molecule is COc1cccc(Nc2ncc3c(n2)-c2ccc(Cl)cc2C(c2ccccc2F)=NC3)c1. The van der Waals surface area contributed by atoms with Gasteiger partial charge in [0.1, 0.15) is 11.6 Å². The number of fused-ring (bicyclic) bond motifs is 3. The number of methoxy groups -OCH3 is 1. The number of halogens is 2. The van der Waals surface area contributed by atoms with Crippen molar-refractivity contribution in [2.75, 3.05) is 12.4 Å². The minimum Gasteiger partial charge on any atom is -0.497 e. The summed E-state index contributed by atoms with van der Waals surface area (Å²) in [4.78, 5) is 13.9. The largest absolute Gasteiger partial charge is 0.497 e. The third kappa shape index (κ3) is 3.81. The van der Waals surface area contributed by atoms with Crippen LogP contribution in [0.3, 0.4) is 0 Å². The third-order valence-electron chi connectivity index (χ3n) is 5.22. The lowest BCUT2D eigenvalue weighted by molar-refractivity contribution is 0.415. The first kappa shape index (κ1) is 20.2. The lowest BCUT2D eigenvalue weighted by atomic mass is 9.95. The topological polar surface area (TPSA) is 59.4 Å². The second-order valence-corrected chi connectivity index (χ2v) is 7.70. The molecule has 32 heavy (non-hydrogen) atoms. The molecular weight excluding hydrogens is 427 g/mol. The molecule has 2 heterocycles. The van der Waals surface area contributed by atoms with Crippen LogP contribution in [-0.4, -0.2) is 22.8 Å². The average Bonchev–Trinajstić information content (AvgIpc) is 2.96. The zero-order valence-corrected chi connectivity index (χ0v) is 17.9. The van der Waals surface area contributed by atoms with Gasteiger partial charge >= 0.3 is 0 Å². The Morgan fingerprint density at radius 1 is 0.969 bits per heavy atom. The van der Waals surface area contributed by atoms with E-state index in [1.807, 2.05) is 30.3 Å². The second-order valence-electron chi connectivity index (χ2n) is 7.26. The molecule has 0 aliphatic carbocycles. The summed E-state index contributed by atoms with van der Waals surface area (Å²) in [6, 6.07) is 19.6. The van der Waals surface area contributed by atoms with Crippen molar-refractivity contribution in [3.63, 3.8) is 0 Å². The van der Waals surface area contributed by atoms with Crippen LogP contribution < -0.4 is 10.1 Å². The summed E-state index contributed by atoms with van der Waals surface area (Å²) in [5.41, 5.74) is 4.89. The van der Waals surface area contributed by atoms with E-state index in [1.54, 1.807) is 43.6 Å². The number of nitrogens with one attached hydrogen (secondary N) is 1. The van der Waals surface area contributed by atoms with Crippen molar-refractivity contribution in [2.45, 2.75) is 6.54 Å². The highest BCUT2D eigenvalue weighted by Crippen LogP contribution is 2.34. The predicted octanol–water partition coefficient (Wildman–Crippen LogP) is 6.04. The Morgan fingerprint density at radius 3 is 2.69 bits per heavy atom.